The molecule has 0 aliphatic heterocycles. The van der Waals surface area contributed by atoms with Gasteiger partial charge in [-0.2, -0.15) is 5.26 Å². The van der Waals surface area contributed by atoms with Gasteiger partial charge in [0, 0.05) is 17.7 Å². The van der Waals surface area contributed by atoms with E-state index in [9.17, 15) is 4.79 Å². The molecule has 2 aromatic carbocycles. The Morgan fingerprint density at radius 3 is 2.38 bits per heavy atom. The average molecular weight is 322 g/mol. The molecular formula is C20H24N3O+. The SMILES string of the molecule is CC[NH+](CC)Cc1ccc(CNC(=O)c2cccc(C#N)c2)cc1. The predicted octanol–water partition coefficient (Wildman–Crippen LogP) is 1.91. The van der Waals surface area contributed by atoms with E-state index in [0.29, 0.717) is 17.7 Å². The lowest BCUT2D eigenvalue weighted by molar-refractivity contribution is -0.910. The van der Waals surface area contributed by atoms with Crippen molar-refractivity contribution in [3.63, 3.8) is 0 Å². The maximum Gasteiger partial charge on any atom is 0.251 e. The number of nitriles is 1. The third-order valence-corrected chi connectivity index (χ3v) is 4.18. The second kappa shape index (κ2) is 8.85. The summed E-state index contributed by atoms with van der Waals surface area (Å²) in [4.78, 5) is 13.7. The minimum Gasteiger partial charge on any atom is -0.348 e. The van der Waals surface area contributed by atoms with Crippen molar-refractivity contribution in [2.24, 2.45) is 0 Å². The highest BCUT2D eigenvalue weighted by Crippen LogP contribution is 2.06. The summed E-state index contributed by atoms with van der Waals surface area (Å²) in [6.45, 7) is 8.15. The summed E-state index contributed by atoms with van der Waals surface area (Å²) in [5.41, 5.74) is 3.38. The van der Waals surface area contributed by atoms with Crippen molar-refractivity contribution in [1.82, 2.24) is 5.32 Å². The zero-order chi connectivity index (χ0) is 17.4. The van der Waals surface area contributed by atoms with Gasteiger partial charge in [0.05, 0.1) is 24.7 Å². The van der Waals surface area contributed by atoms with Crippen molar-refractivity contribution >= 4 is 5.91 Å². The van der Waals surface area contributed by atoms with Gasteiger partial charge in [-0.1, -0.05) is 30.3 Å². The standard InChI is InChI=1S/C20H23N3O/c1-3-23(4-2)15-17-10-8-16(9-11-17)14-22-20(24)19-7-5-6-18(12-19)13-21/h5-12H,3-4,14-15H2,1-2H3,(H,22,24)/p+1. The van der Waals surface area contributed by atoms with Crippen LogP contribution in [0.4, 0.5) is 0 Å². The average Bonchev–Trinajstić information content (AvgIpc) is 2.65. The number of carbonyl (C=O) groups is 1. The lowest BCUT2D eigenvalue weighted by Gasteiger charge is -2.15. The van der Waals surface area contributed by atoms with Crippen LogP contribution in [0.5, 0.6) is 0 Å². The predicted molar refractivity (Wildman–Crippen MR) is 94.5 cm³/mol. The number of carbonyl (C=O) groups excluding carboxylic acids is 1. The molecule has 0 atom stereocenters. The molecule has 0 unspecified atom stereocenters. The Kier molecular flexibility index (Phi) is 6.53. The lowest BCUT2D eigenvalue weighted by Crippen LogP contribution is -3.10. The minimum atomic E-state index is -0.163. The molecule has 4 heteroatoms. The normalized spacial score (nSPS) is 10.4. The molecule has 0 spiro atoms. The van der Waals surface area contributed by atoms with Crippen LogP contribution in [0.25, 0.3) is 0 Å². The zero-order valence-electron chi connectivity index (χ0n) is 14.3. The summed E-state index contributed by atoms with van der Waals surface area (Å²) in [7, 11) is 0. The molecule has 0 heterocycles. The molecule has 2 aromatic rings. The van der Waals surface area contributed by atoms with Gasteiger partial charge in [-0.25, -0.2) is 0 Å². The van der Waals surface area contributed by atoms with E-state index >= 15 is 0 Å². The van der Waals surface area contributed by atoms with Gasteiger partial charge in [-0.3, -0.25) is 4.79 Å². The van der Waals surface area contributed by atoms with Gasteiger partial charge in [-0.15, -0.1) is 0 Å². The Labute approximate surface area is 143 Å². The molecule has 1 amide bonds. The van der Waals surface area contributed by atoms with Gasteiger partial charge < -0.3 is 10.2 Å². The van der Waals surface area contributed by atoms with Gasteiger partial charge in [0.1, 0.15) is 6.54 Å². The van der Waals surface area contributed by atoms with E-state index in [2.05, 4.69) is 43.4 Å². The van der Waals surface area contributed by atoms with E-state index in [1.807, 2.05) is 6.07 Å². The monoisotopic (exact) mass is 322 g/mol. The Bertz CT molecular complexity index is 712. The highest BCUT2D eigenvalue weighted by molar-refractivity contribution is 5.94. The fourth-order valence-electron chi connectivity index (χ4n) is 2.58. The number of hydrogen-bond acceptors (Lipinski definition) is 2. The fourth-order valence-corrected chi connectivity index (χ4v) is 2.58. The molecule has 4 nitrogen and oxygen atoms in total. The topological polar surface area (TPSA) is 57.3 Å². The van der Waals surface area contributed by atoms with Crippen molar-refractivity contribution in [2.75, 3.05) is 13.1 Å². The number of rotatable bonds is 7. The molecule has 24 heavy (non-hydrogen) atoms. The largest absolute Gasteiger partial charge is 0.348 e. The summed E-state index contributed by atoms with van der Waals surface area (Å²) < 4.78 is 0. The van der Waals surface area contributed by atoms with Crippen molar-refractivity contribution in [3.8, 4) is 6.07 Å². The van der Waals surface area contributed by atoms with Crippen molar-refractivity contribution < 1.29 is 9.69 Å². The van der Waals surface area contributed by atoms with Crippen molar-refractivity contribution in [2.45, 2.75) is 26.9 Å². The van der Waals surface area contributed by atoms with Gasteiger partial charge in [-0.05, 0) is 37.6 Å². The van der Waals surface area contributed by atoms with E-state index < -0.39 is 0 Å². The van der Waals surface area contributed by atoms with Crippen LogP contribution in [0.2, 0.25) is 0 Å². The van der Waals surface area contributed by atoms with Crippen LogP contribution in [-0.4, -0.2) is 19.0 Å². The molecule has 0 bridgehead atoms. The molecular weight excluding hydrogens is 298 g/mol. The Balaban J connectivity index is 1.92. The van der Waals surface area contributed by atoms with Gasteiger partial charge in [0.25, 0.3) is 5.91 Å². The Morgan fingerprint density at radius 1 is 1.08 bits per heavy atom. The van der Waals surface area contributed by atoms with Gasteiger partial charge >= 0.3 is 0 Å². The van der Waals surface area contributed by atoms with Crippen LogP contribution in [-0.2, 0) is 13.1 Å². The van der Waals surface area contributed by atoms with E-state index in [4.69, 9.17) is 5.26 Å². The van der Waals surface area contributed by atoms with Crippen LogP contribution in [0.1, 0.15) is 40.9 Å². The third kappa shape index (κ3) is 4.94. The number of amides is 1. The van der Waals surface area contributed by atoms with Crippen LogP contribution in [0, 0.1) is 11.3 Å². The second-order valence-corrected chi connectivity index (χ2v) is 5.83. The summed E-state index contributed by atoms with van der Waals surface area (Å²) >= 11 is 0. The zero-order valence-corrected chi connectivity index (χ0v) is 14.3. The fraction of sp³-hybridized carbons (Fsp3) is 0.300. The summed E-state index contributed by atoms with van der Waals surface area (Å²) in [5, 5.41) is 11.8. The molecule has 0 saturated carbocycles. The Hall–Kier alpha value is -2.64. The summed E-state index contributed by atoms with van der Waals surface area (Å²) in [6, 6.07) is 17.1. The summed E-state index contributed by atoms with van der Waals surface area (Å²) in [6.07, 6.45) is 0. The van der Waals surface area contributed by atoms with Gasteiger partial charge in [0.2, 0.25) is 0 Å². The molecule has 0 saturated heterocycles. The number of nitrogens with zero attached hydrogens (tertiary/aromatic N) is 1. The van der Waals surface area contributed by atoms with Crippen LogP contribution in [0.15, 0.2) is 48.5 Å². The quantitative estimate of drug-likeness (QED) is 0.818. The van der Waals surface area contributed by atoms with Crippen LogP contribution < -0.4 is 10.2 Å². The third-order valence-electron chi connectivity index (χ3n) is 4.18. The van der Waals surface area contributed by atoms with E-state index in [1.54, 1.807) is 29.2 Å². The van der Waals surface area contributed by atoms with Gasteiger partial charge in [0.15, 0.2) is 0 Å². The number of nitrogens with one attached hydrogen (secondary N) is 2. The van der Waals surface area contributed by atoms with Crippen molar-refractivity contribution in [3.05, 3.63) is 70.8 Å². The summed E-state index contributed by atoms with van der Waals surface area (Å²) in [5.74, 6) is -0.163. The van der Waals surface area contributed by atoms with E-state index in [0.717, 1.165) is 25.2 Å². The first-order valence-corrected chi connectivity index (χ1v) is 8.36. The molecule has 2 N–H and O–H groups in total. The molecule has 0 aliphatic rings. The van der Waals surface area contributed by atoms with Crippen molar-refractivity contribution in [1.29, 1.82) is 5.26 Å². The first kappa shape index (κ1) is 17.7. The van der Waals surface area contributed by atoms with Crippen LogP contribution >= 0.6 is 0 Å². The molecule has 0 aliphatic carbocycles. The Morgan fingerprint density at radius 2 is 1.75 bits per heavy atom. The maximum atomic E-state index is 12.2. The lowest BCUT2D eigenvalue weighted by atomic mass is 10.1. The number of benzene rings is 2. The number of hydrogen-bond donors (Lipinski definition) is 2. The molecule has 0 aromatic heterocycles. The molecule has 0 radical (unpaired) electrons. The first-order chi connectivity index (χ1) is 11.7. The molecule has 0 fully saturated rings. The second-order valence-electron chi connectivity index (χ2n) is 5.83. The highest BCUT2D eigenvalue weighted by atomic mass is 16.1. The molecule has 124 valence electrons. The van der Waals surface area contributed by atoms with Crippen LogP contribution in [0.3, 0.4) is 0 Å². The van der Waals surface area contributed by atoms with E-state index in [-0.39, 0.29) is 5.91 Å². The first-order valence-electron chi connectivity index (χ1n) is 8.36. The minimum absolute atomic E-state index is 0.163. The maximum absolute atomic E-state index is 12.2. The number of quaternary nitrogens is 1. The van der Waals surface area contributed by atoms with E-state index in [1.165, 1.54) is 5.56 Å². The smallest absolute Gasteiger partial charge is 0.251 e. The highest BCUT2D eigenvalue weighted by Gasteiger charge is 2.07. The molecule has 2 rings (SSSR count).